The Balaban J connectivity index is 1.99. The van der Waals surface area contributed by atoms with Gasteiger partial charge in [0, 0.05) is 24.0 Å². The van der Waals surface area contributed by atoms with Gasteiger partial charge in [0.1, 0.15) is 0 Å². The minimum atomic E-state index is 0.974. The van der Waals surface area contributed by atoms with Crippen LogP contribution in [0.2, 0.25) is 0 Å². The normalized spacial score (nSPS) is 10.5. The molecule has 0 aromatic heterocycles. The average molecular weight is 395 g/mol. The van der Waals surface area contributed by atoms with Crippen LogP contribution in [-0.2, 0) is 0 Å². The highest BCUT2D eigenvalue weighted by atomic mass is 14.1. The number of hydrogen-bond donors (Lipinski definition) is 0. The van der Waals surface area contributed by atoms with Gasteiger partial charge < -0.3 is 0 Å². The Labute approximate surface area is 183 Å². The molecule has 0 spiro atoms. The molecule has 0 aliphatic carbocycles. The Kier molecular flexibility index (Phi) is 8.87. The van der Waals surface area contributed by atoms with E-state index in [0.717, 1.165) is 24.0 Å². The maximum absolute atomic E-state index is 3.53. The van der Waals surface area contributed by atoms with Crippen molar-refractivity contribution in [2.24, 2.45) is 0 Å². The lowest BCUT2D eigenvalue weighted by Gasteiger charge is -2.10. The van der Waals surface area contributed by atoms with Gasteiger partial charge in [-0.1, -0.05) is 125 Å². The third-order valence-corrected chi connectivity index (χ3v) is 5.67. The zero-order valence-corrected chi connectivity index (χ0v) is 18.7. The quantitative estimate of drug-likeness (QED) is 0.204. The fourth-order valence-corrected chi connectivity index (χ4v) is 3.98. The largest absolute Gasteiger partial charge is 0.0978 e. The molecule has 0 heteroatoms. The maximum Gasteiger partial charge on any atom is 0.0403 e. The summed E-state index contributed by atoms with van der Waals surface area (Å²) in [5.41, 5.74) is 2.32. The second-order valence-electron chi connectivity index (χ2n) is 8.07. The van der Waals surface area contributed by atoms with Crippen LogP contribution >= 0.6 is 0 Å². The summed E-state index contributed by atoms with van der Waals surface area (Å²) in [5.74, 6) is 14.0. The standard InChI is InChI=1S/C30H34/c1-3-5-7-9-11-13-19-25-27-21-15-17-23-29(27)26(20-14-12-10-8-6-4-2)30-24-18-16-22-28(25)30/h15-18,21-24H,3-12H2,1-2H3. The smallest absolute Gasteiger partial charge is 0.0403 e. The Morgan fingerprint density at radius 1 is 0.500 bits per heavy atom. The molecule has 0 N–H and O–H groups in total. The molecule has 0 aliphatic rings. The van der Waals surface area contributed by atoms with Crippen LogP contribution in [0.4, 0.5) is 0 Å². The van der Waals surface area contributed by atoms with Crippen LogP contribution in [0.5, 0.6) is 0 Å². The third kappa shape index (κ3) is 5.68. The molecule has 3 rings (SSSR count). The number of rotatable bonds is 8. The molecule has 0 saturated carbocycles. The summed E-state index contributed by atoms with van der Waals surface area (Å²) in [6.07, 6.45) is 12.0. The first-order chi connectivity index (χ1) is 14.9. The molecule has 30 heavy (non-hydrogen) atoms. The molecular formula is C30H34. The molecule has 0 unspecified atom stereocenters. The highest BCUT2D eigenvalue weighted by Crippen LogP contribution is 2.32. The van der Waals surface area contributed by atoms with Gasteiger partial charge in [-0.25, -0.2) is 0 Å². The topological polar surface area (TPSA) is 0 Å². The monoisotopic (exact) mass is 394 g/mol. The van der Waals surface area contributed by atoms with E-state index >= 15 is 0 Å². The zero-order chi connectivity index (χ0) is 21.0. The van der Waals surface area contributed by atoms with Gasteiger partial charge in [0.25, 0.3) is 0 Å². The van der Waals surface area contributed by atoms with Gasteiger partial charge in [-0.15, -0.1) is 0 Å². The molecule has 0 heterocycles. The van der Waals surface area contributed by atoms with Crippen LogP contribution in [0.15, 0.2) is 48.5 Å². The molecule has 0 saturated heterocycles. The summed E-state index contributed by atoms with van der Waals surface area (Å²) in [7, 11) is 0. The number of hydrogen-bond acceptors (Lipinski definition) is 0. The average Bonchev–Trinajstić information content (AvgIpc) is 2.79. The van der Waals surface area contributed by atoms with Crippen molar-refractivity contribution in [3.63, 3.8) is 0 Å². The summed E-state index contributed by atoms with van der Waals surface area (Å²) in [5, 5.41) is 4.92. The number of unbranched alkanes of at least 4 members (excludes halogenated alkanes) is 8. The Morgan fingerprint density at radius 3 is 1.20 bits per heavy atom. The highest BCUT2D eigenvalue weighted by molar-refractivity contribution is 6.09. The predicted octanol–water partition coefficient (Wildman–Crippen LogP) is 8.64. The summed E-state index contributed by atoms with van der Waals surface area (Å²) in [4.78, 5) is 0. The van der Waals surface area contributed by atoms with Crippen molar-refractivity contribution in [3.05, 3.63) is 59.7 Å². The third-order valence-electron chi connectivity index (χ3n) is 5.67. The van der Waals surface area contributed by atoms with Gasteiger partial charge >= 0.3 is 0 Å². The first-order valence-corrected chi connectivity index (χ1v) is 11.8. The molecule has 154 valence electrons. The van der Waals surface area contributed by atoms with Crippen LogP contribution in [0, 0.1) is 23.7 Å². The van der Waals surface area contributed by atoms with E-state index in [1.807, 2.05) is 0 Å². The summed E-state index contributed by atoms with van der Waals surface area (Å²) >= 11 is 0. The van der Waals surface area contributed by atoms with Gasteiger partial charge in [-0.3, -0.25) is 0 Å². The molecule has 3 aromatic rings. The second-order valence-corrected chi connectivity index (χ2v) is 8.07. The lowest BCUT2D eigenvalue weighted by atomic mass is 9.92. The molecule has 0 aliphatic heterocycles. The van der Waals surface area contributed by atoms with Crippen LogP contribution in [0.25, 0.3) is 21.5 Å². The zero-order valence-electron chi connectivity index (χ0n) is 18.7. The Hall–Kier alpha value is -2.70. The van der Waals surface area contributed by atoms with E-state index in [9.17, 15) is 0 Å². The molecular weight excluding hydrogens is 360 g/mol. The molecule has 0 fully saturated rings. The molecule has 0 radical (unpaired) electrons. The summed E-state index contributed by atoms with van der Waals surface area (Å²) in [6.45, 7) is 4.50. The van der Waals surface area contributed by atoms with Crippen molar-refractivity contribution in [1.29, 1.82) is 0 Å². The van der Waals surface area contributed by atoms with E-state index in [1.165, 1.54) is 72.9 Å². The molecule has 3 aromatic carbocycles. The molecule has 0 nitrogen and oxygen atoms in total. The van der Waals surface area contributed by atoms with Crippen LogP contribution in [0.1, 0.15) is 89.2 Å². The number of fused-ring (bicyclic) bond motifs is 2. The van der Waals surface area contributed by atoms with E-state index in [1.54, 1.807) is 0 Å². The lowest BCUT2D eigenvalue weighted by Crippen LogP contribution is -1.90. The molecule has 0 amide bonds. The maximum atomic E-state index is 3.53. The van der Waals surface area contributed by atoms with Crippen molar-refractivity contribution in [3.8, 4) is 23.7 Å². The van der Waals surface area contributed by atoms with Gasteiger partial charge in [-0.05, 0) is 34.4 Å². The van der Waals surface area contributed by atoms with E-state index in [-0.39, 0.29) is 0 Å². The Bertz CT molecular complexity index is 934. The van der Waals surface area contributed by atoms with Gasteiger partial charge in [0.05, 0.1) is 0 Å². The summed E-state index contributed by atoms with van der Waals surface area (Å²) in [6, 6.07) is 17.3. The number of benzene rings is 3. The second kappa shape index (κ2) is 12.1. The Morgan fingerprint density at radius 2 is 0.867 bits per heavy atom. The minimum absolute atomic E-state index is 0.974. The van der Waals surface area contributed by atoms with Gasteiger partial charge in [0.2, 0.25) is 0 Å². The van der Waals surface area contributed by atoms with Crippen molar-refractivity contribution in [1.82, 2.24) is 0 Å². The van der Waals surface area contributed by atoms with Crippen LogP contribution < -0.4 is 0 Å². The van der Waals surface area contributed by atoms with E-state index < -0.39 is 0 Å². The van der Waals surface area contributed by atoms with Crippen molar-refractivity contribution in [2.75, 3.05) is 0 Å². The fraction of sp³-hybridized carbons (Fsp3) is 0.400. The first-order valence-electron chi connectivity index (χ1n) is 11.8. The van der Waals surface area contributed by atoms with Crippen molar-refractivity contribution < 1.29 is 0 Å². The first kappa shape index (κ1) is 22.0. The fourth-order valence-electron chi connectivity index (χ4n) is 3.98. The highest BCUT2D eigenvalue weighted by Gasteiger charge is 2.10. The summed E-state index contributed by atoms with van der Waals surface area (Å²) < 4.78 is 0. The van der Waals surface area contributed by atoms with E-state index in [0.29, 0.717) is 0 Å². The lowest BCUT2D eigenvalue weighted by molar-refractivity contribution is 0.679. The minimum Gasteiger partial charge on any atom is -0.0978 e. The van der Waals surface area contributed by atoms with E-state index in [2.05, 4.69) is 86.1 Å². The van der Waals surface area contributed by atoms with Crippen LogP contribution in [0.3, 0.4) is 0 Å². The molecule has 0 bridgehead atoms. The van der Waals surface area contributed by atoms with Crippen molar-refractivity contribution >= 4 is 21.5 Å². The van der Waals surface area contributed by atoms with Gasteiger partial charge in [-0.2, -0.15) is 0 Å². The van der Waals surface area contributed by atoms with Gasteiger partial charge in [0.15, 0.2) is 0 Å². The van der Waals surface area contributed by atoms with Crippen LogP contribution in [-0.4, -0.2) is 0 Å². The molecule has 0 atom stereocenters. The van der Waals surface area contributed by atoms with Crippen molar-refractivity contribution in [2.45, 2.75) is 78.1 Å². The predicted molar refractivity (Wildman–Crippen MR) is 133 cm³/mol. The SMILES string of the molecule is CCCCCCC#Cc1c2ccccc2c(C#CCCCCCC)c2ccccc12. The van der Waals surface area contributed by atoms with E-state index in [4.69, 9.17) is 0 Å².